The molecule has 0 spiro atoms. The first kappa shape index (κ1) is 26.9. The van der Waals surface area contributed by atoms with E-state index >= 15 is 0 Å². The number of alkyl halides is 3. The molecule has 5 nitrogen and oxygen atoms in total. The third-order valence-corrected chi connectivity index (χ3v) is 10.5. The van der Waals surface area contributed by atoms with Gasteiger partial charge in [-0.25, -0.2) is 12.8 Å². The van der Waals surface area contributed by atoms with Crippen molar-refractivity contribution < 1.29 is 31.1 Å². The summed E-state index contributed by atoms with van der Waals surface area (Å²) in [6, 6.07) is 14.4. The van der Waals surface area contributed by atoms with Gasteiger partial charge in [0.1, 0.15) is 10.0 Å². The van der Waals surface area contributed by atoms with E-state index in [2.05, 4.69) is 0 Å². The number of sulfonamides is 1. The minimum atomic E-state index is -4.83. The molecule has 12 heteroatoms. The van der Waals surface area contributed by atoms with Crippen molar-refractivity contribution >= 4 is 38.8 Å². The van der Waals surface area contributed by atoms with Crippen LogP contribution >= 0.6 is 23.1 Å². The number of piperazine rings is 1. The van der Waals surface area contributed by atoms with Gasteiger partial charge in [0, 0.05) is 36.0 Å². The minimum absolute atomic E-state index is 0.177. The zero-order valence-electron chi connectivity index (χ0n) is 19.2. The third-order valence-electron chi connectivity index (χ3n) is 6.10. The van der Waals surface area contributed by atoms with Crippen LogP contribution in [-0.2, 0) is 15.6 Å². The fraction of sp³-hybridized carbons (Fsp3) is 0.333. The molecular formula is C24H24F4N2O3S3. The molecule has 4 rings (SSSR count). The molecule has 1 saturated heterocycles. The van der Waals surface area contributed by atoms with Gasteiger partial charge in [-0.2, -0.15) is 17.5 Å². The van der Waals surface area contributed by atoms with E-state index in [4.69, 9.17) is 0 Å². The van der Waals surface area contributed by atoms with Crippen LogP contribution in [-0.4, -0.2) is 55.4 Å². The first-order chi connectivity index (χ1) is 16.9. The van der Waals surface area contributed by atoms with Gasteiger partial charge in [0.05, 0.1) is 6.04 Å². The van der Waals surface area contributed by atoms with Crippen molar-refractivity contribution in [1.82, 2.24) is 4.31 Å². The Morgan fingerprint density at radius 1 is 1.06 bits per heavy atom. The molecule has 1 aliphatic rings. The minimum Gasteiger partial charge on any atom is -0.376 e. The van der Waals surface area contributed by atoms with Crippen LogP contribution in [0.2, 0.25) is 0 Å². The van der Waals surface area contributed by atoms with E-state index in [1.165, 1.54) is 52.5 Å². The van der Waals surface area contributed by atoms with Gasteiger partial charge in [0.15, 0.2) is 5.60 Å². The van der Waals surface area contributed by atoms with E-state index < -0.39 is 21.8 Å². The molecule has 0 unspecified atom stereocenters. The Kier molecular flexibility index (Phi) is 7.73. The van der Waals surface area contributed by atoms with Gasteiger partial charge in [0.2, 0.25) is 0 Å². The van der Waals surface area contributed by atoms with Crippen molar-refractivity contribution in [2.75, 3.05) is 30.3 Å². The maximum absolute atomic E-state index is 13.3. The first-order valence-corrected chi connectivity index (χ1v) is 14.3. The van der Waals surface area contributed by atoms with Gasteiger partial charge in [0.25, 0.3) is 10.0 Å². The molecule has 1 fully saturated rings. The second-order valence-corrected chi connectivity index (χ2v) is 12.7. The number of benzene rings is 2. The van der Waals surface area contributed by atoms with Gasteiger partial charge in [-0.15, -0.1) is 23.1 Å². The summed E-state index contributed by atoms with van der Waals surface area (Å²) in [5.74, 6) is 0.103. The quantitative estimate of drug-likeness (QED) is 0.313. The summed E-state index contributed by atoms with van der Waals surface area (Å²) in [5.41, 5.74) is -2.65. The Balaban J connectivity index is 1.59. The van der Waals surface area contributed by atoms with Crippen LogP contribution in [0.15, 0.2) is 75.1 Å². The van der Waals surface area contributed by atoms with Crippen molar-refractivity contribution in [2.45, 2.75) is 33.8 Å². The third kappa shape index (κ3) is 5.57. The maximum atomic E-state index is 13.3. The van der Waals surface area contributed by atoms with E-state index in [1.807, 2.05) is 4.90 Å². The van der Waals surface area contributed by atoms with Crippen molar-refractivity contribution in [3.8, 4) is 0 Å². The summed E-state index contributed by atoms with van der Waals surface area (Å²) in [7, 11) is -3.68. The topological polar surface area (TPSA) is 60.9 Å². The standard InChI is InChI=1S/C24H24F4N2O3S3/c1-23(31,24(26,27)28)17-4-8-19(9-5-17)30-13-12-29(36(32,33)22-3-2-14-34-22)15-20(30)16-35-21-10-6-18(25)7-11-21/h2-11,14,20,31H,12-13,15-16H2,1H3/t20-,23+/m1/s1. The normalized spacial score (nSPS) is 19.3. The van der Waals surface area contributed by atoms with Crippen molar-refractivity contribution in [1.29, 1.82) is 0 Å². The molecule has 0 bridgehead atoms. The fourth-order valence-corrected chi connectivity index (χ4v) is 7.54. The molecule has 1 aromatic heterocycles. The molecule has 2 atom stereocenters. The molecule has 0 amide bonds. The van der Waals surface area contributed by atoms with E-state index in [0.717, 1.165) is 16.2 Å². The highest BCUT2D eigenvalue weighted by Crippen LogP contribution is 2.39. The largest absolute Gasteiger partial charge is 0.421 e. The number of thiophene rings is 1. The lowest BCUT2D eigenvalue weighted by Gasteiger charge is -2.42. The number of hydrogen-bond donors (Lipinski definition) is 1. The highest BCUT2D eigenvalue weighted by molar-refractivity contribution is 7.99. The number of nitrogens with zero attached hydrogens (tertiary/aromatic N) is 2. The van der Waals surface area contributed by atoms with Crippen molar-refractivity contribution in [3.05, 3.63) is 77.4 Å². The number of hydrogen-bond acceptors (Lipinski definition) is 6. The molecule has 0 saturated carbocycles. The van der Waals surface area contributed by atoms with E-state index in [-0.39, 0.29) is 34.7 Å². The van der Waals surface area contributed by atoms with Crippen LogP contribution in [0, 0.1) is 5.82 Å². The summed E-state index contributed by atoms with van der Waals surface area (Å²) >= 11 is 2.58. The maximum Gasteiger partial charge on any atom is 0.421 e. The molecule has 3 aromatic rings. The number of anilines is 1. The Labute approximate surface area is 215 Å². The Bertz CT molecular complexity index is 1260. The van der Waals surface area contributed by atoms with Crippen LogP contribution < -0.4 is 4.90 Å². The monoisotopic (exact) mass is 560 g/mol. The Hall–Kier alpha value is -2.12. The van der Waals surface area contributed by atoms with Crippen LogP contribution in [0.3, 0.4) is 0 Å². The molecular weight excluding hydrogens is 536 g/mol. The van der Waals surface area contributed by atoms with Crippen LogP contribution in [0.1, 0.15) is 12.5 Å². The Morgan fingerprint density at radius 2 is 1.72 bits per heavy atom. The summed E-state index contributed by atoms with van der Waals surface area (Å²) in [5, 5.41) is 11.7. The van der Waals surface area contributed by atoms with E-state index in [9.17, 15) is 31.1 Å². The summed E-state index contributed by atoms with van der Waals surface area (Å²) in [4.78, 5) is 2.77. The number of aliphatic hydroxyl groups is 1. The van der Waals surface area contributed by atoms with Crippen molar-refractivity contribution in [3.63, 3.8) is 0 Å². The lowest BCUT2D eigenvalue weighted by atomic mass is 9.95. The highest BCUT2D eigenvalue weighted by Gasteiger charge is 2.51. The molecule has 2 heterocycles. The summed E-state index contributed by atoms with van der Waals surface area (Å²) < 4.78 is 81.0. The molecule has 36 heavy (non-hydrogen) atoms. The second kappa shape index (κ2) is 10.3. The second-order valence-electron chi connectivity index (χ2n) is 8.52. The van der Waals surface area contributed by atoms with Crippen LogP contribution in [0.5, 0.6) is 0 Å². The Morgan fingerprint density at radius 3 is 2.31 bits per heavy atom. The average molecular weight is 561 g/mol. The van der Waals surface area contributed by atoms with Gasteiger partial charge in [-0.05, 0) is 60.3 Å². The van der Waals surface area contributed by atoms with Crippen LogP contribution in [0.25, 0.3) is 0 Å². The van der Waals surface area contributed by atoms with E-state index in [0.29, 0.717) is 24.9 Å². The van der Waals surface area contributed by atoms with Crippen molar-refractivity contribution in [2.24, 2.45) is 0 Å². The summed E-state index contributed by atoms with van der Waals surface area (Å²) in [6.07, 6.45) is -4.83. The first-order valence-electron chi connectivity index (χ1n) is 11.0. The highest BCUT2D eigenvalue weighted by atomic mass is 32.2. The SMILES string of the molecule is C[C@](O)(c1ccc(N2CCN(S(=O)(=O)c3cccs3)C[C@@H]2CSc2ccc(F)cc2)cc1)C(F)(F)F. The molecule has 1 N–H and O–H groups in total. The smallest absolute Gasteiger partial charge is 0.376 e. The van der Waals surface area contributed by atoms with Gasteiger partial charge >= 0.3 is 6.18 Å². The summed E-state index contributed by atoms with van der Waals surface area (Å²) in [6.45, 7) is 1.42. The molecule has 1 aliphatic heterocycles. The predicted molar refractivity (Wildman–Crippen MR) is 133 cm³/mol. The molecule has 0 aliphatic carbocycles. The predicted octanol–water partition coefficient (Wildman–Crippen LogP) is 5.33. The lowest BCUT2D eigenvalue weighted by molar-refractivity contribution is -0.258. The average Bonchev–Trinajstić information content (AvgIpc) is 3.39. The molecule has 0 radical (unpaired) electrons. The van der Waals surface area contributed by atoms with Crippen LogP contribution in [0.4, 0.5) is 23.2 Å². The lowest BCUT2D eigenvalue weighted by Crippen LogP contribution is -2.55. The van der Waals surface area contributed by atoms with Gasteiger partial charge in [-0.3, -0.25) is 0 Å². The number of halogens is 4. The number of thioether (sulfide) groups is 1. The number of rotatable bonds is 7. The van der Waals surface area contributed by atoms with E-state index in [1.54, 1.807) is 29.6 Å². The molecule has 2 aromatic carbocycles. The fourth-order valence-electron chi connectivity index (χ4n) is 3.93. The molecule has 194 valence electrons. The zero-order chi connectivity index (χ0) is 26.1. The van der Waals surface area contributed by atoms with Gasteiger partial charge in [-0.1, -0.05) is 18.2 Å². The van der Waals surface area contributed by atoms with Gasteiger partial charge < -0.3 is 10.0 Å². The zero-order valence-corrected chi connectivity index (χ0v) is 21.6.